The predicted molar refractivity (Wildman–Crippen MR) is 181 cm³/mol. The second-order valence-electron chi connectivity index (χ2n) is 13.4. The van der Waals surface area contributed by atoms with Crippen LogP contribution in [0.3, 0.4) is 0 Å². The third kappa shape index (κ3) is 6.29. The number of hydrogen-bond donors (Lipinski definition) is 5. The minimum absolute atomic E-state index is 0.0386. The number of hydrogen-bond acceptors (Lipinski definition) is 14. The van der Waals surface area contributed by atoms with Crippen LogP contribution in [-0.4, -0.2) is 123 Å². The first-order valence-electron chi connectivity index (χ1n) is 15.9. The van der Waals surface area contributed by atoms with Gasteiger partial charge in [0.25, 0.3) is 11.8 Å². The molecule has 2 aromatic rings. The van der Waals surface area contributed by atoms with Gasteiger partial charge in [0.1, 0.15) is 17.9 Å². The molecule has 0 unspecified atom stereocenters. The number of rotatable bonds is 12. The number of carbonyl (C=O) groups excluding carboxylic acids is 4. The molecule has 2 fully saturated rings. The lowest BCUT2D eigenvalue weighted by Crippen LogP contribution is -2.64. The molecule has 6 N–H and O–H groups in total. The first-order valence-corrected chi connectivity index (χ1v) is 17.7. The van der Waals surface area contributed by atoms with Gasteiger partial charge in [-0.05, 0) is 32.9 Å². The third-order valence-electron chi connectivity index (χ3n) is 9.58. The van der Waals surface area contributed by atoms with Gasteiger partial charge in [0, 0.05) is 35.5 Å². The number of anilines is 1. The molecular weight excluding hydrogens is 709 g/mol. The number of quaternary nitrogens is 1. The number of carboxylic acid groups (broad SMARTS) is 2. The summed E-state index contributed by atoms with van der Waals surface area (Å²) < 4.78 is 0.165. The molecule has 51 heavy (non-hydrogen) atoms. The van der Waals surface area contributed by atoms with Crippen LogP contribution in [0, 0.1) is 5.92 Å². The number of aromatic hydroxyl groups is 2. The molecule has 0 radical (unpaired) electrons. The van der Waals surface area contributed by atoms with Gasteiger partial charge in [0.15, 0.2) is 34.8 Å². The summed E-state index contributed by atoms with van der Waals surface area (Å²) in [5.41, 5.74) is 3.82. The zero-order valence-electron chi connectivity index (χ0n) is 27.7. The fourth-order valence-electron chi connectivity index (χ4n) is 6.78. The molecule has 270 valence electrons. The number of amides is 3. The molecular formula is C32H35N6O11S2+. The number of phenols is 2. The molecule has 19 heteroatoms. The normalized spacial score (nSPS) is 22.9. The van der Waals surface area contributed by atoms with Gasteiger partial charge in [0.2, 0.25) is 11.5 Å². The van der Waals surface area contributed by atoms with E-state index in [9.17, 15) is 49.2 Å². The highest BCUT2D eigenvalue weighted by molar-refractivity contribution is 8.00. The van der Waals surface area contributed by atoms with E-state index in [0.717, 1.165) is 41.2 Å². The van der Waals surface area contributed by atoms with E-state index >= 15 is 0 Å². The number of likely N-dealkylation sites (tertiary alicyclic amines) is 1. The fourth-order valence-corrected chi connectivity index (χ4v) is 8.83. The number of nitrogens with two attached hydrogens (primary N) is 1. The molecule has 6 rings (SSSR count). The second-order valence-corrected chi connectivity index (χ2v) is 15.8. The number of nitrogens with zero attached hydrogens (tertiary/aromatic N) is 5. The average molecular weight is 744 g/mol. The van der Waals surface area contributed by atoms with E-state index in [0.29, 0.717) is 18.7 Å². The van der Waals surface area contributed by atoms with Crippen molar-refractivity contribution in [2.45, 2.75) is 56.3 Å². The van der Waals surface area contributed by atoms with Gasteiger partial charge in [-0.1, -0.05) is 5.16 Å². The number of oxime groups is 1. The lowest BCUT2D eigenvalue weighted by Gasteiger charge is -2.51. The molecule has 0 spiro atoms. The first-order chi connectivity index (χ1) is 23.9. The van der Waals surface area contributed by atoms with Crippen LogP contribution in [0.25, 0.3) is 0 Å². The van der Waals surface area contributed by atoms with Crippen molar-refractivity contribution in [2.75, 3.05) is 32.0 Å². The molecule has 5 heterocycles. The Labute approximate surface area is 298 Å². The standard InChI is InChI=1S/C32H34N6O11S2/c1-14-18(11-38(6-4-5-7-38)13-36-25(42)15-8-20(39)21(40)9-16(15)26(36)43)24(29(45)46)37-27(44)17(28(37)51-14)10-22(41)23(19-12-50-31(33)34-19)35-49-32(2,3)30(47)48/h8-9,12,14,17,28H,4-7,10-11,13H2,1-3H3,(H5-,33,34,35,39,40,41,42,43,45,46,47,48)/p+1/t14-,17+,28+/m0/s1. The maximum atomic E-state index is 13.7. The largest absolute Gasteiger partial charge is 0.504 e. The van der Waals surface area contributed by atoms with Crippen molar-refractivity contribution in [3.8, 4) is 11.5 Å². The van der Waals surface area contributed by atoms with Gasteiger partial charge in [-0.15, -0.1) is 23.1 Å². The first kappa shape index (κ1) is 35.8. The minimum Gasteiger partial charge on any atom is -0.504 e. The van der Waals surface area contributed by atoms with Crippen molar-refractivity contribution in [1.82, 2.24) is 14.8 Å². The number of carboxylic acids is 2. The Balaban J connectivity index is 1.25. The number of β-lactam (4-membered cyclic amide) rings is 1. The number of ketones is 1. The van der Waals surface area contributed by atoms with Gasteiger partial charge in [-0.25, -0.2) is 19.5 Å². The number of fused-ring (bicyclic) bond motifs is 2. The van der Waals surface area contributed by atoms with Gasteiger partial charge in [-0.2, -0.15) is 0 Å². The Bertz CT molecular complexity index is 1910. The van der Waals surface area contributed by atoms with Crippen LogP contribution < -0.4 is 5.73 Å². The van der Waals surface area contributed by atoms with Crippen LogP contribution >= 0.6 is 23.1 Å². The monoisotopic (exact) mass is 743 g/mol. The third-order valence-corrected chi connectivity index (χ3v) is 11.8. The zero-order valence-corrected chi connectivity index (χ0v) is 29.3. The Hall–Kier alpha value is -5.01. The predicted octanol–water partition coefficient (Wildman–Crippen LogP) is 1.80. The van der Waals surface area contributed by atoms with Crippen LogP contribution in [0.15, 0.2) is 33.9 Å². The summed E-state index contributed by atoms with van der Waals surface area (Å²) in [7, 11) is 0. The number of benzene rings is 1. The minimum atomic E-state index is -1.79. The zero-order chi connectivity index (χ0) is 37.2. The number of thioether (sulfide) groups is 1. The highest BCUT2D eigenvalue weighted by atomic mass is 32.2. The maximum absolute atomic E-state index is 13.7. The SMILES string of the molecule is C[C@@H]1S[C@@H]2[C@H](CC(=O)/C(=N\OC(C)(C)C(=O)O)c3csc(N)n3)C(=O)N2C(C(=O)O)=C1C[N+]1(CN2C(=O)c3cc(O)c(O)cc3C2=O)CCCC1. The van der Waals surface area contributed by atoms with Crippen molar-refractivity contribution < 1.29 is 58.5 Å². The quantitative estimate of drug-likeness (QED) is 0.0520. The number of phenolic OH excluding ortho intramolecular Hbond substituents is 2. The van der Waals surface area contributed by atoms with Gasteiger partial charge < -0.3 is 35.5 Å². The smallest absolute Gasteiger partial charge is 0.352 e. The molecule has 2 saturated heterocycles. The average Bonchev–Trinajstić information content (AvgIpc) is 3.77. The van der Waals surface area contributed by atoms with Crippen LogP contribution in [0.5, 0.6) is 11.5 Å². The van der Waals surface area contributed by atoms with E-state index < -0.39 is 69.1 Å². The highest BCUT2D eigenvalue weighted by Crippen LogP contribution is 2.49. The van der Waals surface area contributed by atoms with Crippen LogP contribution in [0.2, 0.25) is 0 Å². The Kier molecular flexibility index (Phi) is 9.09. The van der Waals surface area contributed by atoms with Crippen LogP contribution in [0.1, 0.15) is 66.4 Å². The lowest BCUT2D eigenvalue weighted by molar-refractivity contribution is -0.919. The molecule has 0 bridgehead atoms. The number of thiazole rings is 1. The summed E-state index contributed by atoms with van der Waals surface area (Å²) in [5, 5.41) is 44.0. The van der Waals surface area contributed by atoms with Crippen molar-refractivity contribution in [3.05, 3.63) is 45.6 Å². The molecule has 1 aromatic carbocycles. The molecule has 0 aliphatic carbocycles. The van der Waals surface area contributed by atoms with Crippen LogP contribution in [0.4, 0.5) is 5.13 Å². The topological polar surface area (TPSA) is 250 Å². The number of aliphatic carboxylic acids is 2. The van der Waals surface area contributed by atoms with E-state index in [1.165, 1.54) is 35.9 Å². The van der Waals surface area contributed by atoms with Crippen molar-refractivity contribution in [1.29, 1.82) is 0 Å². The molecule has 4 aliphatic rings. The van der Waals surface area contributed by atoms with Gasteiger partial charge in [-0.3, -0.25) is 24.1 Å². The van der Waals surface area contributed by atoms with Gasteiger partial charge in [0.05, 0.1) is 35.5 Å². The lowest BCUT2D eigenvalue weighted by atomic mass is 9.88. The Morgan fingerprint density at radius 3 is 2.22 bits per heavy atom. The highest BCUT2D eigenvalue weighted by Gasteiger charge is 2.57. The van der Waals surface area contributed by atoms with E-state index in [4.69, 9.17) is 10.6 Å². The summed E-state index contributed by atoms with van der Waals surface area (Å²) >= 11 is 2.33. The van der Waals surface area contributed by atoms with Crippen molar-refractivity contribution >= 4 is 69.4 Å². The number of aromatic nitrogens is 1. The number of Topliss-reactive ketones (excluding diaryl/α,β-unsaturated/α-hetero) is 1. The van der Waals surface area contributed by atoms with E-state index in [2.05, 4.69) is 10.1 Å². The van der Waals surface area contributed by atoms with E-state index in [-0.39, 0.29) is 57.5 Å². The summed E-state index contributed by atoms with van der Waals surface area (Å²) in [5.74, 6) is -7.23. The summed E-state index contributed by atoms with van der Waals surface area (Å²) in [6.07, 6.45) is 1.11. The Morgan fingerprint density at radius 2 is 1.69 bits per heavy atom. The molecule has 17 nitrogen and oxygen atoms in total. The summed E-state index contributed by atoms with van der Waals surface area (Å²) in [4.78, 5) is 89.8. The van der Waals surface area contributed by atoms with Crippen molar-refractivity contribution in [3.63, 3.8) is 0 Å². The fraction of sp³-hybridized carbons (Fsp3) is 0.438. The van der Waals surface area contributed by atoms with E-state index in [1.807, 2.05) is 0 Å². The summed E-state index contributed by atoms with van der Waals surface area (Å²) in [6, 6.07) is 2.10. The molecule has 3 amide bonds. The number of carbonyl (C=O) groups is 6. The molecule has 3 atom stereocenters. The van der Waals surface area contributed by atoms with Crippen molar-refractivity contribution in [2.24, 2.45) is 11.1 Å². The van der Waals surface area contributed by atoms with Gasteiger partial charge >= 0.3 is 11.9 Å². The van der Waals surface area contributed by atoms with Crippen LogP contribution in [-0.2, 0) is 24.0 Å². The number of imide groups is 1. The second kappa shape index (κ2) is 13.0. The molecule has 0 saturated carbocycles. The Morgan fingerprint density at radius 1 is 1.08 bits per heavy atom. The maximum Gasteiger partial charge on any atom is 0.352 e. The molecule has 1 aromatic heterocycles. The number of nitrogen functional groups attached to an aromatic ring is 1. The summed E-state index contributed by atoms with van der Waals surface area (Å²) in [6.45, 7) is 5.37. The molecule has 4 aliphatic heterocycles. The van der Waals surface area contributed by atoms with E-state index in [1.54, 1.807) is 6.92 Å².